The van der Waals surface area contributed by atoms with Gasteiger partial charge >= 0.3 is 0 Å². The van der Waals surface area contributed by atoms with Crippen LogP contribution in [-0.4, -0.2) is 34.2 Å². The second-order valence-electron chi connectivity index (χ2n) is 9.12. The highest BCUT2D eigenvalue weighted by molar-refractivity contribution is 6.20. The number of nitrogens with zero attached hydrogens (tertiary/aromatic N) is 1. The Morgan fingerprint density at radius 3 is 2.49 bits per heavy atom. The fourth-order valence-electron chi connectivity index (χ4n) is 5.01. The van der Waals surface area contributed by atoms with Crippen LogP contribution in [0.5, 0.6) is 0 Å². The third-order valence-electron chi connectivity index (χ3n) is 6.79. The largest absolute Gasteiger partial charge is 0.361 e. The molecule has 8 nitrogen and oxygen atoms in total. The van der Waals surface area contributed by atoms with Crippen LogP contribution in [0.4, 0.5) is 15.8 Å². The van der Waals surface area contributed by atoms with E-state index in [1.807, 2.05) is 24.3 Å². The van der Waals surface area contributed by atoms with Crippen molar-refractivity contribution in [3.8, 4) is 0 Å². The number of hydrogen-bond acceptors (Lipinski definition) is 4. The summed E-state index contributed by atoms with van der Waals surface area (Å²) >= 11 is 0. The molecular formula is C26H25FN4O4. The van der Waals surface area contributed by atoms with Gasteiger partial charge in [0, 0.05) is 35.6 Å². The van der Waals surface area contributed by atoms with Gasteiger partial charge in [-0.2, -0.15) is 0 Å². The number of anilines is 2. The lowest BCUT2D eigenvalue weighted by atomic mass is 9.95. The Bertz CT molecular complexity index is 1330. The quantitative estimate of drug-likeness (QED) is 0.472. The van der Waals surface area contributed by atoms with Crippen molar-refractivity contribution in [2.45, 2.75) is 50.5 Å². The van der Waals surface area contributed by atoms with E-state index in [9.17, 15) is 23.6 Å². The molecule has 0 unspecified atom stereocenters. The predicted octanol–water partition coefficient (Wildman–Crippen LogP) is 3.57. The molecule has 2 aromatic carbocycles. The topological polar surface area (TPSA) is 111 Å². The molecule has 0 spiro atoms. The van der Waals surface area contributed by atoms with Crippen molar-refractivity contribution in [3.05, 3.63) is 60.0 Å². The average molecular weight is 477 g/mol. The maximum absolute atomic E-state index is 14.4. The fourth-order valence-corrected chi connectivity index (χ4v) is 5.01. The molecule has 1 aliphatic heterocycles. The highest BCUT2D eigenvalue weighted by Crippen LogP contribution is 2.33. The van der Waals surface area contributed by atoms with Crippen LogP contribution in [-0.2, 0) is 25.6 Å². The molecule has 180 valence electrons. The van der Waals surface area contributed by atoms with Gasteiger partial charge in [-0.3, -0.25) is 19.2 Å². The third-order valence-corrected chi connectivity index (χ3v) is 6.79. The van der Waals surface area contributed by atoms with Gasteiger partial charge in [-0.1, -0.05) is 31.0 Å². The van der Waals surface area contributed by atoms with E-state index in [-0.39, 0.29) is 36.5 Å². The van der Waals surface area contributed by atoms with Crippen LogP contribution in [0.25, 0.3) is 10.9 Å². The summed E-state index contributed by atoms with van der Waals surface area (Å²) in [6.45, 7) is 0. The van der Waals surface area contributed by atoms with E-state index in [1.165, 1.54) is 12.1 Å². The van der Waals surface area contributed by atoms with Gasteiger partial charge in [0.2, 0.25) is 23.6 Å². The monoisotopic (exact) mass is 476 g/mol. The molecule has 1 aliphatic carbocycles. The lowest BCUT2D eigenvalue weighted by Crippen LogP contribution is -2.55. The molecule has 2 aliphatic rings. The van der Waals surface area contributed by atoms with E-state index < -0.39 is 29.1 Å². The zero-order valence-electron chi connectivity index (χ0n) is 19.0. The van der Waals surface area contributed by atoms with Gasteiger partial charge in [-0.25, -0.2) is 9.29 Å². The number of halogens is 1. The Morgan fingerprint density at radius 2 is 1.74 bits per heavy atom. The van der Waals surface area contributed by atoms with E-state index in [2.05, 4.69) is 15.6 Å². The first-order valence-electron chi connectivity index (χ1n) is 11.7. The van der Waals surface area contributed by atoms with E-state index in [0.29, 0.717) is 12.8 Å². The Balaban J connectivity index is 1.33. The van der Waals surface area contributed by atoms with E-state index in [0.717, 1.165) is 40.3 Å². The third kappa shape index (κ3) is 4.29. The van der Waals surface area contributed by atoms with Crippen molar-refractivity contribution < 1.29 is 23.6 Å². The van der Waals surface area contributed by atoms with Crippen LogP contribution in [0.2, 0.25) is 0 Å². The molecule has 1 saturated heterocycles. The Labute approximate surface area is 200 Å². The maximum atomic E-state index is 14.4. The van der Waals surface area contributed by atoms with Crippen molar-refractivity contribution in [2.75, 3.05) is 10.2 Å². The summed E-state index contributed by atoms with van der Waals surface area (Å²) in [4.78, 5) is 54.4. The molecule has 3 aromatic rings. The Morgan fingerprint density at radius 1 is 1.03 bits per heavy atom. The minimum Gasteiger partial charge on any atom is -0.361 e. The maximum Gasteiger partial charge on any atom is 0.250 e. The summed E-state index contributed by atoms with van der Waals surface area (Å²) in [5.74, 6) is -2.35. The molecule has 3 N–H and O–H groups in total. The standard InChI is InChI=1S/C26H25FN4O4/c27-19-8-7-17(14-21(19)31-23(33)9-10-24(31)34)29-25(35)26(11-3-4-12-26)30-22(32)13-16-15-28-20-6-2-1-5-18(16)20/h1-2,5-8,14-15,28H,3-4,9-13H2,(H,29,35)(H,30,32). The molecule has 5 rings (SSSR count). The number of aromatic amines is 1. The van der Waals surface area contributed by atoms with Crippen molar-refractivity contribution in [3.63, 3.8) is 0 Å². The first-order valence-corrected chi connectivity index (χ1v) is 11.7. The zero-order chi connectivity index (χ0) is 24.6. The number of carbonyl (C=O) groups excluding carboxylic acids is 4. The summed E-state index contributed by atoms with van der Waals surface area (Å²) in [5, 5.41) is 6.67. The molecule has 2 fully saturated rings. The van der Waals surface area contributed by atoms with E-state index in [4.69, 9.17) is 0 Å². The SMILES string of the molecule is O=C(Cc1c[nH]c2ccccc12)NC1(C(=O)Nc2ccc(F)c(N3C(=O)CCC3=O)c2)CCCC1. The predicted molar refractivity (Wildman–Crippen MR) is 128 cm³/mol. The lowest BCUT2D eigenvalue weighted by Gasteiger charge is -2.29. The number of hydrogen-bond donors (Lipinski definition) is 3. The normalized spacial score (nSPS) is 17.2. The lowest BCUT2D eigenvalue weighted by molar-refractivity contribution is -0.130. The second kappa shape index (κ2) is 8.98. The van der Waals surface area contributed by atoms with Gasteiger partial charge in [-0.05, 0) is 42.7 Å². The molecule has 0 bridgehead atoms. The highest BCUT2D eigenvalue weighted by Gasteiger charge is 2.42. The first kappa shape index (κ1) is 22.8. The smallest absolute Gasteiger partial charge is 0.250 e. The molecular weight excluding hydrogens is 451 g/mol. The van der Waals surface area contributed by atoms with Crippen molar-refractivity contribution in [2.24, 2.45) is 0 Å². The first-order chi connectivity index (χ1) is 16.9. The number of para-hydroxylation sites is 1. The number of benzene rings is 2. The minimum atomic E-state index is -1.09. The van der Waals surface area contributed by atoms with Gasteiger partial charge in [0.1, 0.15) is 11.4 Å². The average Bonchev–Trinajstić information content (AvgIpc) is 3.56. The van der Waals surface area contributed by atoms with Gasteiger partial charge in [-0.15, -0.1) is 0 Å². The van der Waals surface area contributed by atoms with Gasteiger partial charge in [0.15, 0.2) is 0 Å². The fraction of sp³-hybridized carbons (Fsp3) is 0.308. The van der Waals surface area contributed by atoms with Crippen LogP contribution >= 0.6 is 0 Å². The Hall–Kier alpha value is -4.01. The molecule has 0 atom stereocenters. The number of carbonyl (C=O) groups is 4. The molecule has 2 heterocycles. The zero-order valence-corrected chi connectivity index (χ0v) is 19.0. The molecule has 1 aromatic heterocycles. The van der Waals surface area contributed by atoms with Crippen LogP contribution in [0, 0.1) is 5.82 Å². The van der Waals surface area contributed by atoms with Crippen LogP contribution in [0.15, 0.2) is 48.7 Å². The van der Waals surface area contributed by atoms with Crippen LogP contribution in [0.3, 0.4) is 0 Å². The van der Waals surface area contributed by atoms with Crippen LogP contribution < -0.4 is 15.5 Å². The summed E-state index contributed by atoms with van der Waals surface area (Å²) in [5.41, 5.74) is 0.757. The summed E-state index contributed by atoms with van der Waals surface area (Å²) in [6, 6.07) is 11.5. The molecule has 0 radical (unpaired) electrons. The van der Waals surface area contributed by atoms with Crippen molar-refractivity contribution in [1.29, 1.82) is 0 Å². The number of rotatable bonds is 6. The second-order valence-corrected chi connectivity index (χ2v) is 9.12. The van der Waals surface area contributed by atoms with Crippen molar-refractivity contribution >= 4 is 45.9 Å². The summed E-state index contributed by atoms with van der Waals surface area (Å²) in [6.07, 6.45) is 4.51. The molecule has 1 saturated carbocycles. The number of H-pyrrole nitrogens is 1. The van der Waals surface area contributed by atoms with Gasteiger partial charge in [0.25, 0.3) is 0 Å². The number of fused-ring (bicyclic) bond motifs is 1. The van der Waals surface area contributed by atoms with Crippen molar-refractivity contribution in [1.82, 2.24) is 10.3 Å². The Kier molecular flexibility index (Phi) is 5.84. The summed E-state index contributed by atoms with van der Waals surface area (Å²) in [7, 11) is 0. The van der Waals surface area contributed by atoms with E-state index in [1.54, 1.807) is 6.20 Å². The highest BCUT2D eigenvalue weighted by atomic mass is 19.1. The number of nitrogens with one attached hydrogen (secondary N) is 3. The molecule has 35 heavy (non-hydrogen) atoms. The molecule has 9 heteroatoms. The van der Waals surface area contributed by atoms with E-state index >= 15 is 0 Å². The number of imide groups is 1. The number of aromatic nitrogens is 1. The van der Waals surface area contributed by atoms with Crippen LogP contribution in [0.1, 0.15) is 44.1 Å². The van der Waals surface area contributed by atoms with Gasteiger partial charge < -0.3 is 15.6 Å². The van der Waals surface area contributed by atoms with Gasteiger partial charge in [0.05, 0.1) is 12.1 Å². The number of amides is 4. The minimum absolute atomic E-state index is 0.0282. The summed E-state index contributed by atoms with van der Waals surface area (Å²) < 4.78 is 14.4. The molecule has 4 amide bonds.